The summed E-state index contributed by atoms with van der Waals surface area (Å²) in [5.41, 5.74) is 1.28. The minimum Gasteiger partial charge on any atom is -0.469 e. The molecule has 2 unspecified atom stereocenters. The van der Waals surface area contributed by atoms with Crippen LogP contribution in [0.3, 0.4) is 0 Å². The number of methoxy groups -OCH3 is 1. The van der Waals surface area contributed by atoms with E-state index in [2.05, 4.69) is 34.9 Å². The number of rotatable bonds is 6. The molecule has 2 aromatic rings. The molecule has 5 nitrogen and oxygen atoms in total. The van der Waals surface area contributed by atoms with Crippen molar-refractivity contribution < 1.29 is 14.3 Å². The van der Waals surface area contributed by atoms with Gasteiger partial charge in [-0.2, -0.15) is 0 Å². The predicted octanol–water partition coefficient (Wildman–Crippen LogP) is 2.68. The van der Waals surface area contributed by atoms with Gasteiger partial charge in [-0.1, -0.05) is 42.5 Å². The number of carbonyl (C=O) groups is 2. The first-order valence-corrected chi connectivity index (χ1v) is 10.2. The second kappa shape index (κ2) is 7.92. The van der Waals surface area contributed by atoms with Gasteiger partial charge in [0.2, 0.25) is 5.91 Å². The van der Waals surface area contributed by atoms with Crippen LogP contribution in [-0.4, -0.2) is 38.6 Å². The fourth-order valence-electron chi connectivity index (χ4n) is 4.60. The fourth-order valence-corrected chi connectivity index (χ4v) is 4.60. The highest BCUT2D eigenvalue weighted by atomic mass is 16.5. The number of hydrogen-bond donors (Lipinski definition) is 2. The molecule has 1 aliphatic carbocycles. The Morgan fingerprint density at radius 1 is 1.18 bits per heavy atom. The largest absolute Gasteiger partial charge is 0.469 e. The van der Waals surface area contributed by atoms with Gasteiger partial charge in [0.05, 0.1) is 13.0 Å². The van der Waals surface area contributed by atoms with E-state index >= 15 is 0 Å². The molecule has 2 N–H and O–H groups in total. The summed E-state index contributed by atoms with van der Waals surface area (Å²) in [4.78, 5) is 24.9. The van der Waals surface area contributed by atoms with Crippen LogP contribution in [0.1, 0.15) is 24.8 Å². The smallest absolute Gasteiger partial charge is 0.310 e. The Morgan fingerprint density at radius 2 is 1.93 bits per heavy atom. The maximum atomic E-state index is 12.6. The highest BCUT2D eigenvalue weighted by molar-refractivity contribution is 5.84. The summed E-state index contributed by atoms with van der Waals surface area (Å²) in [7, 11) is 1.41. The molecule has 2 aliphatic rings. The summed E-state index contributed by atoms with van der Waals surface area (Å²) < 4.78 is 4.99. The average molecular weight is 380 g/mol. The van der Waals surface area contributed by atoms with Crippen molar-refractivity contribution in [1.29, 1.82) is 0 Å². The van der Waals surface area contributed by atoms with E-state index in [1.165, 1.54) is 12.5 Å². The summed E-state index contributed by atoms with van der Waals surface area (Å²) >= 11 is 0. The second-order valence-electron chi connectivity index (χ2n) is 8.22. The first kappa shape index (κ1) is 18.9. The van der Waals surface area contributed by atoms with Crippen molar-refractivity contribution in [3.63, 3.8) is 0 Å². The molecule has 4 rings (SSSR count). The van der Waals surface area contributed by atoms with Crippen molar-refractivity contribution in [3.8, 4) is 0 Å². The van der Waals surface area contributed by atoms with E-state index in [9.17, 15) is 9.59 Å². The number of fused-ring (bicyclic) bond motifs is 1. The Bertz CT molecular complexity index is 873. The molecule has 1 aliphatic heterocycles. The lowest BCUT2D eigenvalue weighted by molar-refractivity contribution is -0.145. The predicted molar refractivity (Wildman–Crippen MR) is 109 cm³/mol. The number of hydrogen-bond acceptors (Lipinski definition) is 4. The summed E-state index contributed by atoms with van der Waals surface area (Å²) in [5, 5.41) is 8.72. The molecule has 1 saturated carbocycles. The van der Waals surface area contributed by atoms with Crippen molar-refractivity contribution >= 4 is 22.6 Å². The first-order valence-electron chi connectivity index (χ1n) is 10.2. The van der Waals surface area contributed by atoms with Gasteiger partial charge in [-0.25, -0.2) is 0 Å². The van der Waals surface area contributed by atoms with E-state index in [-0.39, 0.29) is 29.1 Å². The zero-order valence-electron chi connectivity index (χ0n) is 16.4. The first-order chi connectivity index (χ1) is 13.6. The third-order valence-corrected chi connectivity index (χ3v) is 6.46. The zero-order valence-corrected chi connectivity index (χ0v) is 16.4. The Hall–Kier alpha value is -2.40. The lowest BCUT2D eigenvalue weighted by Gasteiger charge is -2.23. The summed E-state index contributed by atoms with van der Waals surface area (Å²) in [5.74, 6) is -0.457. The SMILES string of the molecule is COC(=O)C(CNC(=O)C1CC12CCNCC2)Cc1ccc2ccccc2c1. The molecule has 2 atom stereocenters. The Kier molecular flexibility index (Phi) is 5.36. The number of ether oxygens (including phenoxy) is 1. The number of nitrogens with one attached hydrogen (secondary N) is 2. The third-order valence-electron chi connectivity index (χ3n) is 6.46. The van der Waals surface area contributed by atoms with Crippen molar-refractivity contribution in [2.75, 3.05) is 26.7 Å². The minimum absolute atomic E-state index is 0.0920. The van der Waals surface area contributed by atoms with E-state index < -0.39 is 0 Å². The molecule has 0 bridgehead atoms. The van der Waals surface area contributed by atoms with Gasteiger partial charge >= 0.3 is 5.97 Å². The molecule has 28 heavy (non-hydrogen) atoms. The Balaban J connectivity index is 1.39. The molecule has 1 saturated heterocycles. The van der Waals surface area contributed by atoms with Gasteiger partial charge in [0.1, 0.15) is 0 Å². The number of esters is 1. The van der Waals surface area contributed by atoms with Crippen molar-refractivity contribution in [1.82, 2.24) is 10.6 Å². The fraction of sp³-hybridized carbons (Fsp3) is 0.478. The number of amides is 1. The van der Waals surface area contributed by atoms with Crippen LogP contribution in [-0.2, 0) is 20.7 Å². The quantitative estimate of drug-likeness (QED) is 0.756. The summed E-state index contributed by atoms with van der Waals surface area (Å²) in [6, 6.07) is 14.4. The Labute approximate surface area is 165 Å². The van der Waals surface area contributed by atoms with E-state index in [1.54, 1.807) is 0 Å². The number of carbonyl (C=O) groups excluding carboxylic acids is 2. The molecule has 1 amide bonds. The maximum absolute atomic E-state index is 12.6. The summed E-state index contributed by atoms with van der Waals surface area (Å²) in [6.45, 7) is 2.32. The third kappa shape index (κ3) is 3.90. The van der Waals surface area contributed by atoms with Crippen LogP contribution in [0.2, 0.25) is 0 Å². The number of piperidine rings is 1. The van der Waals surface area contributed by atoms with Crippen LogP contribution in [0.5, 0.6) is 0 Å². The van der Waals surface area contributed by atoms with Crippen LogP contribution in [0.25, 0.3) is 10.8 Å². The van der Waals surface area contributed by atoms with E-state index in [0.717, 1.165) is 43.3 Å². The van der Waals surface area contributed by atoms with E-state index in [0.29, 0.717) is 13.0 Å². The van der Waals surface area contributed by atoms with Gasteiger partial charge in [-0.05, 0) is 60.5 Å². The van der Waals surface area contributed by atoms with Crippen molar-refractivity contribution in [3.05, 3.63) is 48.0 Å². The number of benzene rings is 2. The topological polar surface area (TPSA) is 67.4 Å². The second-order valence-corrected chi connectivity index (χ2v) is 8.22. The molecule has 5 heteroatoms. The van der Waals surface area contributed by atoms with Gasteiger partial charge in [-0.15, -0.1) is 0 Å². The molecule has 1 heterocycles. The summed E-state index contributed by atoms with van der Waals surface area (Å²) in [6.07, 6.45) is 3.68. The van der Waals surface area contributed by atoms with Crippen LogP contribution < -0.4 is 10.6 Å². The zero-order chi connectivity index (χ0) is 19.6. The van der Waals surface area contributed by atoms with Crippen LogP contribution >= 0.6 is 0 Å². The molecule has 148 valence electrons. The van der Waals surface area contributed by atoms with Crippen LogP contribution in [0, 0.1) is 17.3 Å². The lowest BCUT2D eigenvalue weighted by Crippen LogP contribution is -2.38. The highest BCUT2D eigenvalue weighted by Gasteiger charge is 2.57. The van der Waals surface area contributed by atoms with Gasteiger partial charge in [0, 0.05) is 12.5 Å². The normalized spacial score (nSPS) is 21.2. The molecular formula is C23H28N2O3. The highest BCUT2D eigenvalue weighted by Crippen LogP contribution is 2.58. The monoisotopic (exact) mass is 380 g/mol. The maximum Gasteiger partial charge on any atom is 0.310 e. The van der Waals surface area contributed by atoms with Crippen molar-refractivity contribution in [2.24, 2.45) is 17.3 Å². The average Bonchev–Trinajstić information content (AvgIpc) is 3.43. The molecule has 0 aromatic heterocycles. The van der Waals surface area contributed by atoms with E-state index in [4.69, 9.17) is 4.74 Å². The van der Waals surface area contributed by atoms with E-state index in [1.807, 2.05) is 18.2 Å². The minimum atomic E-state index is -0.377. The molecule has 0 radical (unpaired) electrons. The molecular weight excluding hydrogens is 352 g/mol. The van der Waals surface area contributed by atoms with Crippen LogP contribution in [0.15, 0.2) is 42.5 Å². The standard InChI is InChI=1S/C23H28N2O3/c1-28-22(27)19(13-16-6-7-17-4-2-3-5-18(17)12-16)15-25-21(26)20-14-23(20)8-10-24-11-9-23/h2-7,12,19-20,24H,8-11,13-15H2,1H3,(H,25,26). The lowest BCUT2D eigenvalue weighted by atomic mass is 9.91. The molecule has 2 fully saturated rings. The molecule has 1 spiro atoms. The van der Waals surface area contributed by atoms with Crippen molar-refractivity contribution in [2.45, 2.75) is 25.7 Å². The Morgan fingerprint density at radius 3 is 2.68 bits per heavy atom. The van der Waals surface area contributed by atoms with Crippen LogP contribution in [0.4, 0.5) is 0 Å². The van der Waals surface area contributed by atoms with Gasteiger partial charge in [-0.3, -0.25) is 9.59 Å². The van der Waals surface area contributed by atoms with Gasteiger partial charge in [0.15, 0.2) is 0 Å². The van der Waals surface area contributed by atoms with Gasteiger partial charge < -0.3 is 15.4 Å². The molecule has 2 aromatic carbocycles. The van der Waals surface area contributed by atoms with Gasteiger partial charge in [0.25, 0.3) is 0 Å².